The zero-order valence-corrected chi connectivity index (χ0v) is 9.57. The second-order valence-electron chi connectivity index (χ2n) is 4.43. The summed E-state index contributed by atoms with van der Waals surface area (Å²) in [6.45, 7) is 0. The molecule has 0 heterocycles. The molecule has 0 aliphatic heterocycles. The highest BCUT2D eigenvalue weighted by Crippen LogP contribution is 2.16. The van der Waals surface area contributed by atoms with E-state index < -0.39 is 0 Å². The maximum atomic E-state index is 8.55. The van der Waals surface area contributed by atoms with E-state index in [1.54, 1.807) is 6.21 Å². The van der Waals surface area contributed by atoms with E-state index in [2.05, 4.69) is 17.3 Å². The van der Waals surface area contributed by atoms with Crippen molar-refractivity contribution in [2.45, 2.75) is 57.8 Å². The number of hydrogen-bond donors (Lipinski definition) is 1. The molecule has 0 amide bonds. The highest BCUT2D eigenvalue weighted by molar-refractivity contribution is 5.59. The topological polar surface area (TPSA) is 32.6 Å². The number of nitrogens with zero attached hydrogens (tertiary/aromatic N) is 1. The lowest BCUT2D eigenvalue weighted by atomic mass is 9.97. The van der Waals surface area contributed by atoms with Crippen LogP contribution in [0.1, 0.15) is 57.8 Å². The van der Waals surface area contributed by atoms with Crippen LogP contribution in [-0.4, -0.2) is 11.4 Å². The molecule has 0 fully saturated rings. The molecule has 1 atom stereocenters. The van der Waals surface area contributed by atoms with Crippen molar-refractivity contribution in [2.24, 2.45) is 11.1 Å². The summed E-state index contributed by atoms with van der Waals surface area (Å²) in [7, 11) is 0. The smallest absolute Gasteiger partial charge is 0.0469 e. The Labute approximate surface area is 93.1 Å². The molecule has 1 aliphatic rings. The van der Waals surface area contributed by atoms with Gasteiger partial charge in [0.05, 0.1) is 0 Å². The van der Waals surface area contributed by atoms with Gasteiger partial charge in [0.15, 0.2) is 0 Å². The number of allylic oxidation sites excluding steroid dienone is 2. The quantitative estimate of drug-likeness (QED) is 0.299. The molecule has 86 valence electrons. The van der Waals surface area contributed by atoms with Gasteiger partial charge < -0.3 is 5.21 Å². The zero-order valence-electron chi connectivity index (χ0n) is 9.57. The Morgan fingerprint density at radius 3 is 2.53 bits per heavy atom. The Morgan fingerprint density at radius 1 is 1.00 bits per heavy atom. The second-order valence-corrected chi connectivity index (χ2v) is 4.43. The van der Waals surface area contributed by atoms with Crippen LogP contribution in [-0.2, 0) is 0 Å². The molecule has 1 aliphatic carbocycles. The van der Waals surface area contributed by atoms with E-state index in [1.165, 1.54) is 44.9 Å². The van der Waals surface area contributed by atoms with Gasteiger partial charge in [-0.3, -0.25) is 0 Å². The summed E-state index contributed by atoms with van der Waals surface area (Å²) in [5, 5.41) is 11.7. The van der Waals surface area contributed by atoms with E-state index in [0.717, 1.165) is 12.8 Å². The van der Waals surface area contributed by atoms with Crippen molar-refractivity contribution in [2.75, 3.05) is 0 Å². The van der Waals surface area contributed by atoms with Crippen LogP contribution in [0.5, 0.6) is 0 Å². The van der Waals surface area contributed by atoms with Crippen molar-refractivity contribution in [1.82, 2.24) is 0 Å². The maximum absolute atomic E-state index is 8.55. The first kappa shape index (κ1) is 12.3. The Kier molecular flexibility index (Phi) is 6.97. The first-order chi connectivity index (χ1) is 7.43. The highest BCUT2D eigenvalue weighted by Gasteiger charge is 2.04. The Morgan fingerprint density at radius 2 is 1.73 bits per heavy atom. The maximum Gasteiger partial charge on any atom is 0.0469 e. The van der Waals surface area contributed by atoms with E-state index in [0.29, 0.717) is 5.92 Å². The van der Waals surface area contributed by atoms with E-state index in [4.69, 9.17) is 5.21 Å². The van der Waals surface area contributed by atoms with E-state index in [1.807, 2.05) is 0 Å². The molecule has 1 unspecified atom stereocenters. The first-order valence-corrected chi connectivity index (χ1v) is 6.26. The van der Waals surface area contributed by atoms with Crippen LogP contribution in [0.15, 0.2) is 17.3 Å². The Hall–Kier alpha value is -0.790. The lowest BCUT2D eigenvalue weighted by molar-refractivity contribution is 0.317. The molecule has 0 spiro atoms. The molecule has 0 bridgehead atoms. The van der Waals surface area contributed by atoms with Gasteiger partial charge in [0.1, 0.15) is 0 Å². The van der Waals surface area contributed by atoms with Gasteiger partial charge in [-0.05, 0) is 25.7 Å². The molecule has 2 heteroatoms. The molecule has 0 aromatic carbocycles. The third-order valence-electron chi connectivity index (χ3n) is 3.08. The van der Waals surface area contributed by atoms with Crippen molar-refractivity contribution in [1.29, 1.82) is 0 Å². The minimum atomic E-state index is 0.436. The van der Waals surface area contributed by atoms with Crippen molar-refractivity contribution < 1.29 is 5.21 Å². The SMILES string of the molecule is ON=CC1CC=CCCCCCCCC1. The fraction of sp³-hybridized carbons (Fsp3) is 0.769. The molecule has 2 nitrogen and oxygen atoms in total. The first-order valence-electron chi connectivity index (χ1n) is 6.26. The molecule has 0 radical (unpaired) electrons. The van der Waals surface area contributed by atoms with Crippen LogP contribution in [0.4, 0.5) is 0 Å². The number of hydrogen-bond acceptors (Lipinski definition) is 2. The average Bonchev–Trinajstić information content (AvgIpc) is 2.22. The van der Waals surface area contributed by atoms with Crippen LogP contribution >= 0.6 is 0 Å². The highest BCUT2D eigenvalue weighted by atomic mass is 16.4. The summed E-state index contributed by atoms with van der Waals surface area (Å²) in [6, 6.07) is 0. The fourth-order valence-corrected chi connectivity index (χ4v) is 2.11. The Balaban J connectivity index is 2.35. The van der Waals surface area contributed by atoms with Crippen molar-refractivity contribution in [3.8, 4) is 0 Å². The number of rotatable bonds is 1. The van der Waals surface area contributed by atoms with Crippen LogP contribution < -0.4 is 0 Å². The van der Waals surface area contributed by atoms with Crippen LogP contribution in [0.2, 0.25) is 0 Å². The molecule has 0 aromatic heterocycles. The van der Waals surface area contributed by atoms with E-state index in [-0.39, 0.29) is 0 Å². The zero-order chi connectivity index (χ0) is 10.8. The van der Waals surface area contributed by atoms with Gasteiger partial charge >= 0.3 is 0 Å². The largest absolute Gasteiger partial charge is 0.411 e. The molecule has 0 aromatic rings. The minimum Gasteiger partial charge on any atom is -0.411 e. The summed E-state index contributed by atoms with van der Waals surface area (Å²) < 4.78 is 0. The van der Waals surface area contributed by atoms with Crippen molar-refractivity contribution in [3.05, 3.63) is 12.2 Å². The van der Waals surface area contributed by atoms with Gasteiger partial charge in [-0.15, -0.1) is 5.16 Å². The van der Waals surface area contributed by atoms with E-state index in [9.17, 15) is 0 Å². The van der Waals surface area contributed by atoms with Gasteiger partial charge in [-0.2, -0.15) is 0 Å². The van der Waals surface area contributed by atoms with Crippen molar-refractivity contribution in [3.63, 3.8) is 0 Å². The lowest BCUT2D eigenvalue weighted by Crippen LogP contribution is -2.01. The summed E-state index contributed by atoms with van der Waals surface area (Å²) >= 11 is 0. The molecule has 0 saturated heterocycles. The fourth-order valence-electron chi connectivity index (χ4n) is 2.11. The van der Waals surface area contributed by atoms with E-state index >= 15 is 0 Å². The average molecular weight is 209 g/mol. The third-order valence-corrected chi connectivity index (χ3v) is 3.08. The molecular formula is C13H23NO. The summed E-state index contributed by atoms with van der Waals surface area (Å²) in [5.41, 5.74) is 0. The molecule has 1 rings (SSSR count). The molecule has 0 saturated carbocycles. The summed E-state index contributed by atoms with van der Waals surface area (Å²) in [6.07, 6.45) is 17.7. The summed E-state index contributed by atoms with van der Waals surface area (Å²) in [5.74, 6) is 0.436. The van der Waals surface area contributed by atoms with Crippen LogP contribution in [0, 0.1) is 5.92 Å². The van der Waals surface area contributed by atoms with Gasteiger partial charge in [-0.25, -0.2) is 0 Å². The Bertz CT molecular complexity index is 199. The normalized spacial score (nSPS) is 26.0. The van der Waals surface area contributed by atoms with Gasteiger partial charge in [-0.1, -0.05) is 44.3 Å². The summed E-state index contributed by atoms with van der Waals surface area (Å²) in [4.78, 5) is 0. The monoisotopic (exact) mass is 209 g/mol. The lowest BCUT2D eigenvalue weighted by Gasteiger charge is -2.09. The standard InChI is InChI=1S/C13H23NO/c15-14-12-13-10-8-6-4-2-1-3-5-7-9-11-13/h6,8,12-13,15H,1-5,7,9-11H2. The predicted octanol–water partition coefficient (Wildman–Crippen LogP) is 4.14. The second kappa shape index (κ2) is 8.51. The molecular weight excluding hydrogens is 186 g/mol. The molecule has 15 heavy (non-hydrogen) atoms. The van der Waals surface area contributed by atoms with Gasteiger partial charge in [0.25, 0.3) is 0 Å². The third kappa shape index (κ3) is 6.32. The van der Waals surface area contributed by atoms with Crippen LogP contribution in [0.25, 0.3) is 0 Å². The van der Waals surface area contributed by atoms with Gasteiger partial charge in [0.2, 0.25) is 0 Å². The predicted molar refractivity (Wildman–Crippen MR) is 64.5 cm³/mol. The molecule has 1 N–H and O–H groups in total. The van der Waals surface area contributed by atoms with Crippen LogP contribution in [0.3, 0.4) is 0 Å². The van der Waals surface area contributed by atoms with Gasteiger partial charge in [0, 0.05) is 12.1 Å². The number of oxime groups is 1. The van der Waals surface area contributed by atoms with Crippen molar-refractivity contribution >= 4 is 6.21 Å². The minimum absolute atomic E-state index is 0.436.